The van der Waals surface area contributed by atoms with Gasteiger partial charge in [-0.15, -0.1) is 0 Å². The second-order valence-electron chi connectivity index (χ2n) is 3.55. The molecule has 0 fully saturated rings. The van der Waals surface area contributed by atoms with Crippen LogP contribution in [0.15, 0.2) is 24.3 Å². The molecule has 0 saturated heterocycles. The van der Waals surface area contributed by atoms with Crippen molar-refractivity contribution in [3.63, 3.8) is 0 Å². The van der Waals surface area contributed by atoms with Gasteiger partial charge in [0.15, 0.2) is 0 Å². The summed E-state index contributed by atoms with van der Waals surface area (Å²) in [6.07, 6.45) is 0. The van der Waals surface area contributed by atoms with Crippen molar-refractivity contribution < 1.29 is 0 Å². The number of nitrogens with two attached hydrogens (primary N) is 1. The first-order valence-electron chi connectivity index (χ1n) is 4.66. The van der Waals surface area contributed by atoms with Crippen LogP contribution in [0.25, 0.3) is 5.69 Å². The molecule has 1 aromatic carbocycles. The molecule has 2 rings (SSSR count). The smallest absolute Gasteiger partial charge is 0.0783 e. The topological polar surface area (TPSA) is 43.8 Å². The number of halogens is 1. The summed E-state index contributed by atoms with van der Waals surface area (Å²) in [5.41, 5.74) is 9.74. The summed E-state index contributed by atoms with van der Waals surface area (Å²) in [6.45, 7) is 4.04. The minimum Gasteiger partial charge on any atom is -0.399 e. The molecule has 1 aromatic heterocycles. The normalized spacial score (nSPS) is 10.6. The third kappa shape index (κ3) is 1.99. The Morgan fingerprint density at radius 1 is 1.27 bits per heavy atom. The lowest BCUT2D eigenvalue weighted by Crippen LogP contribution is -2.02. The van der Waals surface area contributed by atoms with E-state index in [9.17, 15) is 0 Å². The van der Waals surface area contributed by atoms with Gasteiger partial charge in [0.1, 0.15) is 0 Å². The number of anilines is 1. The number of benzene rings is 1. The number of nitrogen functional groups attached to an aromatic ring is 1. The van der Waals surface area contributed by atoms with Crippen molar-refractivity contribution in [2.45, 2.75) is 13.8 Å². The third-order valence-electron chi connectivity index (χ3n) is 2.21. The number of aromatic nitrogens is 2. The molecule has 2 N–H and O–H groups in total. The van der Waals surface area contributed by atoms with Gasteiger partial charge in [0.2, 0.25) is 0 Å². The van der Waals surface area contributed by atoms with Crippen molar-refractivity contribution in [2.75, 3.05) is 5.73 Å². The lowest BCUT2D eigenvalue weighted by Gasteiger charge is -2.07. The number of nitrogens with zero attached hydrogens (tertiary/aromatic N) is 2. The van der Waals surface area contributed by atoms with Crippen LogP contribution in [0.1, 0.15) is 11.4 Å². The molecule has 0 bridgehead atoms. The summed E-state index contributed by atoms with van der Waals surface area (Å²) >= 11 is 2.27. The van der Waals surface area contributed by atoms with E-state index >= 15 is 0 Å². The highest BCUT2D eigenvalue weighted by atomic mass is 127. The number of aryl methyl sites for hydroxylation is 2. The lowest BCUT2D eigenvalue weighted by atomic mass is 10.3. The fraction of sp³-hybridized carbons (Fsp3) is 0.182. The van der Waals surface area contributed by atoms with Crippen molar-refractivity contribution in [1.29, 1.82) is 0 Å². The maximum atomic E-state index is 5.71. The average molecular weight is 313 g/mol. The van der Waals surface area contributed by atoms with Gasteiger partial charge in [-0.2, -0.15) is 5.10 Å². The van der Waals surface area contributed by atoms with E-state index in [-0.39, 0.29) is 0 Å². The molecule has 0 amide bonds. The minimum absolute atomic E-state index is 0.782. The molecular formula is C11H12IN3. The standard InChI is InChI=1S/C11H12IN3/c1-7-5-8(2)15(14-7)11-4-3-9(13)6-10(11)12/h3-6H,13H2,1-2H3. The van der Waals surface area contributed by atoms with Crippen LogP contribution >= 0.6 is 22.6 Å². The molecule has 0 unspecified atom stereocenters. The van der Waals surface area contributed by atoms with Crippen molar-refractivity contribution in [3.05, 3.63) is 39.2 Å². The Bertz CT molecular complexity index is 503. The third-order valence-corrected chi connectivity index (χ3v) is 3.07. The van der Waals surface area contributed by atoms with Crippen LogP contribution < -0.4 is 5.73 Å². The van der Waals surface area contributed by atoms with Crippen LogP contribution in [0, 0.1) is 17.4 Å². The maximum Gasteiger partial charge on any atom is 0.0783 e. The summed E-state index contributed by atoms with van der Waals surface area (Å²) in [5.74, 6) is 0. The van der Waals surface area contributed by atoms with Gasteiger partial charge in [0.25, 0.3) is 0 Å². The van der Waals surface area contributed by atoms with Gasteiger partial charge in [-0.1, -0.05) is 0 Å². The van der Waals surface area contributed by atoms with E-state index < -0.39 is 0 Å². The SMILES string of the molecule is Cc1cc(C)n(-c2ccc(N)cc2I)n1. The molecule has 3 nitrogen and oxygen atoms in total. The number of rotatable bonds is 1. The second kappa shape index (κ2) is 3.84. The van der Waals surface area contributed by atoms with Crippen molar-refractivity contribution in [3.8, 4) is 5.69 Å². The zero-order valence-electron chi connectivity index (χ0n) is 8.66. The monoisotopic (exact) mass is 313 g/mol. The largest absolute Gasteiger partial charge is 0.399 e. The van der Waals surface area contributed by atoms with Gasteiger partial charge in [0, 0.05) is 15.0 Å². The van der Waals surface area contributed by atoms with Crippen LogP contribution in [-0.4, -0.2) is 9.78 Å². The first-order valence-corrected chi connectivity index (χ1v) is 5.74. The molecule has 0 radical (unpaired) electrons. The van der Waals surface area contributed by atoms with Gasteiger partial charge < -0.3 is 5.73 Å². The van der Waals surface area contributed by atoms with Crippen LogP contribution in [0.5, 0.6) is 0 Å². The minimum atomic E-state index is 0.782. The molecule has 0 aliphatic rings. The van der Waals surface area contributed by atoms with E-state index in [1.807, 2.05) is 36.7 Å². The van der Waals surface area contributed by atoms with E-state index in [0.29, 0.717) is 0 Å². The Labute approximate surface area is 102 Å². The quantitative estimate of drug-likeness (QED) is 0.650. The molecule has 0 saturated carbocycles. The average Bonchev–Trinajstić information content (AvgIpc) is 2.45. The van der Waals surface area contributed by atoms with E-state index in [4.69, 9.17) is 5.73 Å². The summed E-state index contributed by atoms with van der Waals surface area (Å²) in [5, 5.41) is 4.44. The highest BCUT2D eigenvalue weighted by Crippen LogP contribution is 2.21. The van der Waals surface area contributed by atoms with Crippen LogP contribution in [0.2, 0.25) is 0 Å². The maximum absolute atomic E-state index is 5.71. The number of hydrogen-bond donors (Lipinski definition) is 1. The fourth-order valence-electron chi connectivity index (χ4n) is 1.57. The highest BCUT2D eigenvalue weighted by Gasteiger charge is 2.07. The van der Waals surface area contributed by atoms with Gasteiger partial charge in [0.05, 0.1) is 11.4 Å². The van der Waals surface area contributed by atoms with Crippen molar-refractivity contribution in [2.24, 2.45) is 0 Å². The summed E-state index contributed by atoms with van der Waals surface area (Å²) in [6, 6.07) is 7.91. The van der Waals surface area contributed by atoms with E-state index in [0.717, 1.165) is 26.3 Å². The predicted octanol–water partition coefficient (Wildman–Crippen LogP) is 2.68. The first kappa shape index (κ1) is 10.5. The second-order valence-corrected chi connectivity index (χ2v) is 4.71. The van der Waals surface area contributed by atoms with E-state index in [1.165, 1.54) is 0 Å². The molecule has 2 aromatic rings. The Kier molecular flexibility index (Phi) is 2.68. The van der Waals surface area contributed by atoms with Crippen molar-refractivity contribution in [1.82, 2.24) is 9.78 Å². The molecular weight excluding hydrogens is 301 g/mol. The first-order chi connectivity index (χ1) is 7.08. The van der Waals surface area contributed by atoms with Crippen LogP contribution in [-0.2, 0) is 0 Å². The Morgan fingerprint density at radius 3 is 2.53 bits per heavy atom. The molecule has 78 valence electrons. The van der Waals surface area contributed by atoms with Crippen LogP contribution in [0.3, 0.4) is 0 Å². The Morgan fingerprint density at radius 2 is 2.00 bits per heavy atom. The van der Waals surface area contributed by atoms with Gasteiger partial charge >= 0.3 is 0 Å². The summed E-state index contributed by atoms with van der Waals surface area (Å²) in [7, 11) is 0. The van der Waals surface area contributed by atoms with E-state index in [2.05, 4.69) is 33.8 Å². The summed E-state index contributed by atoms with van der Waals surface area (Å²) in [4.78, 5) is 0. The van der Waals surface area contributed by atoms with Crippen LogP contribution in [0.4, 0.5) is 5.69 Å². The van der Waals surface area contributed by atoms with Crippen molar-refractivity contribution >= 4 is 28.3 Å². The summed E-state index contributed by atoms with van der Waals surface area (Å²) < 4.78 is 3.05. The molecule has 0 aliphatic heterocycles. The van der Waals surface area contributed by atoms with E-state index in [1.54, 1.807) is 0 Å². The predicted molar refractivity (Wildman–Crippen MR) is 70.2 cm³/mol. The Hall–Kier alpha value is -1.04. The molecule has 0 atom stereocenters. The van der Waals surface area contributed by atoms with Gasteiger partial charge in [-0.25, -0.2) is 4.68 Å². The highest BCUT2D eigenvalue weighted by molar-refractivity contribution is 14.1. The fourth-order valence-corrected chi connectivity index (χ4v) is 2.34. The molecule has 4 heteroatoms. The zero-order valence-corrected chi connectivity index (χ0v) is 10.8. The molecule has 0 spiro atoms. The lowest BCUT2D eigenvalue weighted by molar-refractivity contribution is 0.830. The van der Waals surface area contributed by atoms with Gasteiger partial charge in [-0.05, 0) is 60.7 Å². The molecule has 15 heavy (non-hydrogen) atoms. The zero-order chi connectivity index (χ0) is 11.0. The molecule has 0 aliphatic carbocycles. The molecule has 1 heterocycles. The van der Waals surface area contributed by atoms with Gasteiger partial charge in [-0.3, -0.25) is 0 Å². The number of hydrogen-bond acceptors (Lipinski definition) is 2. The Balaban J connectivity index is 2.59.